The van der Waals surface area contributed by atoms with Gasteiger partial charge in [0.2, 0.25) is 11.8 Å². The Morgan fingerprint density at radius 1 is 1.36 bits per heavy atom. The molecule has 5 heteroatoms. The van der Waals surface area contributed by atoms with E-state index in [9.17, 15) is 9.18 Å². The summed E-state index contributed by atoms with van der Waals surface area (Å²) in [6, 6.07) is 10.3. The van der Waals surface area contributed by atoms with E-state index in [2.05, 4.69) is 10.3 Å². The summed E-state index contributed by atoms with van der Waals surface area (Å²) in [4.78, 5) is 16.2. The van der Waals surface area contributed by atoms with Crippen molar-refractivity contribution in [3.8, 4) is 5.88 Å². The molecule has 1 amide bonds. The number of ether oxygens (including phenoxy) is 1. The number of nitrogens with zero attached hydrogens (tertiary/aromatic N) is 1. The SMILES string of the molecule is COc1ccc(CNC(=O)C2CC2c2ccccc2F)cn1. The molecule has 0 saturated heterocycles. The third kappa shape index (κ3) is 3.08. The van der Waals surface area contributed by atoms with Gasteiger partial charge in [0.05, 0.1) is 7.11 Å². The van der Waals surface area contributed by atoms with Gasteiger partial charge in [0.15, 0.2) is 0 Å². The zero-order valence-electron chi connectivity index (χ0n) is 12.3. The number of methoxy groups -OCH3 is 1. The maximum atomic E-state index is 13.7. The molecule has 2 unspecified atom stereocenters. The summed E-state index contributed by atoms with van der Waals surface area (Å²) in [6.07, 6.45) is 2.37. The standard InChI is InChI=1S/C17H17FN2O2/c1-22-16-7-6-11(9-19-16)10-20-17(21)14-8-13(14)12-4-2-3-5-15(12)18/h2-7,9,13-14H,8,10H2,1H3,(H,20,21). The smallest absolute Gasteiger partial charge is 0.224 e. The van der Waals surface area contributed by atoms with E-state index in [1.807, 2.05) is 6.07 Å². The minimum Gasteiger partial charge on any atom is -0.481 e. The van der Waals surface area contributed by atoms with E-state index in [1.165, 1.54) is 6.07 Å². The Morgan fingerprint density at radius 2 is 2.18 bits per heavy atom. The first-order valence-electron chi connectivity index (χ1n) is 7.20. The van der Waals surface area contributed by atoms with Gasteiger partial charge in [-0.1, -0.05) is 24.3 Å². The Labute approximate surface area is 128 Å². The number of benzene rings is 1. The van der Waals surface area contributed by atoms with Crippen LogP contribution >= 0.6 is 0 Å². The first-order chi connectivity index (χ1) is 10.7. The molecule has 22 heavy (non-hydrogen) atoms. The van der Waals surface area contributed by atoms with Gasteiger partial charge in [0, 0.05) is 24.7 Å². The summed E-state index contributed by atoms with van der Waals surface area (Å²) in [5, 5.41) is 2.88. The normalized spacial score (nSPS) is 19.5. The second-order valence-corrected chi connectivity index (χ2v) is 5.40. The molecular formula is C17H17FN2O2. The quantitative estimate of drug-likeness (QED) is 0.923. The molecule has 114 valence electrons. The molecule has 4 nitrogen and oxygen atoms in total. The molecule has 1 aliphatic rings. The number of halogens is 1. The van der Waals surface area contributed by atoms with Crippen LogP contribution in [0, 0.1) is 11.7 Å². The fraction of sp³-hybridized carbons (Fsp3) is 0.294. The largest absolute Gasteiger partial charge is 0.481 e. The second-order valence-electron chi connectivity index (χ2n) is 5.40. The summed E-state index contributed by atoms with van der Waals surface area (Å²) in [5.74, 6) is 0.126. The van der Waals surface area contributed by atoms with E-state index >= 15 is 0 Å². The van der Waals surface area contributed by atoms with Crippen molar-refractivity contribution < 1.29 is 13.9 Å². The summed E-state index contributed by atoms with van der Waals surface area (Å²) in [6.45, 7) is 0.413. The van der Waals surface area contributed by atoms with Gasteiger partial charge in [0.25, 0.3) is 0 Å². The predicted octanol–water partition coefficient (Wildman–Crippen LogP) is 2.65. The van der Waals surface area contributed by atoms with Crippen molar-refractivity contribution in [1.29, 1.82) is 0 Å². The van der Waals surface area contributed by atoms with Crippen LogP contribution in [0.2, 0.25) is 0 Å². The van der Waals surface area contributed by atoms with Gasteiger partial charge in [-0.25, -0.2) is 9.37 Å². The molecule has 0 spiro atoms. The fourth-order valence-corrected chi connectivity index (χ4v) is 2.56. The van der Waals surface area contributed by atoms with E-state index in [4.69, 9.17) is 4.74 Å². The van der Waals surface area contributed by atoms with Gasteiger partial charge in [-0.3, -0.25) is 4.79 Å². The van der Waals surface area contributed by atoms with Crippen LogP contribution in [0.25, 0.3) is 0 Å². The molecule has 1 fully saturated rings. The van der Waals surface area contributed by atoms with Crippen molar-refractivity contribution in [2.75, 3.05) is 7.11 Å². The number of hydrogen-bond donors (Lipinski definition) is 1. The molecule has 1 aliphatic carbocycles. The van der Waals surface area contributed by atoms with Gasteiger partial charge >= 0.3 is 0 Å². The highest BCUT2D eigenvalue weighted by molar-refractivity contribution is 5.82. The molecule has 1 aromatic heterocycles. The zero-order chi connectivity index (χ0) is 15.5. The van der Waals surface area contributed by atoms with Crippen LogP contribution in [-0.4, -0.2) is 18.0 Å². The first kappa shape index (κ1) is 14.5. The molecule has 2 aromatic rings. The molecule has 1 N–H and O–H groups in total. The van der Waals surface area contributed by atoms with Crippen LogP contribution in [0.15, 0.2) is 42.6 Å². The van der Waals surface area contributed by atoms with Crippen LogP contribution in [-0.2, 0) is 11.3 Å². The van der Waals surface area contributed by atoms with Gasteiger partial charge in [-0.05, 0) is 29.5 Å². The number of amides is 1. The van der Waals surface area contributed by atoms with E-state index in [-0.39, 0.29) is 23.6 Å². The summed E-state index contributed by atoms with van der Waals surface area (Å²) in [7, 11) is 1.56. The van der Waals surface area contributed by atoms with Gasteiger partial charge in [-0.2, -0.15) is 0 Å². The molecule has 1 aromatic carbocycles. The molecule has 1 saturated carbocycles. The number of hydrogen-bond acceptors (Lipinski definition) is 3. The van der Waals surface area contributed by atoms with Crippen molar-refractivity contribution >= 4 is 5.91 Å². The minimum absolute atomic E-state index is 0.00445. The van der Waals surface area contributed by atoms with Crippen LogP contribution in [0.3, 0.4) is 0 Å². The molecule has 3 rings (SSSR count). The highest BCUT2D eigenvalue weighted by Gasteiger charge is 2.44. The third-order valence-corrected chi connectivity index (χ3v) is 3.91. The molecule has 1 heterocycles. The van der Waals surface area contributed by atoms with Crippen molar-refractivity contribution in [3.05, 3.63) is 59.5 Å². The van der Waals surface area contributed by atoms with Crippen molar-refractivity contribution in [1.82, 2.24) is 10.3 Å². The zero-order valence-corrected chi connectivity index (χ0v) is 12.3. The average Bonchev–Trinajstić information content (AvgIpc) is 3.34. The highest BCUT2D eigenvalue weighted by Crippen LogP contribution is 2.48. The topological polar surface area (TPSA) is 51.2 Å². The van der Waals surface area contributed by atoms with Crippen molar-refractivity contribution in [2.45, 2.75) is 18.9 Å². The Morgan fingerprint density at radius 3 is 2.86 bits per heavy atom. The third-order valence-electron chi connectivity index (χ3n) is 3.91. The maximum absolute atomic E-state index is 13.7. The van der Waals surface area contributed by atoms with Crippen LogP contribution in [0.4, 0.5) is 4.39 Å². The Balaban J connectivity index is 1.54. The Hall–Kier alpha value is -2.43. The van der Waals surface area contributed by atoms with Crippen LogP contribution in [0.1, 0.15) is 23.5 Å². The summed E-state index contributed by atoms with van der Waals surface area (Å²) < 4.78 is 18.7. The Kier molecular flexibility index (Phi) is 4.04. The Bertz CT molecular complexity index is 673. The van der Waals surface area contributed by atoms with Gasteiger partial charge in [0.1, 0.15) is 5.82 Å². The maximum Gasteiger partial charge on any atom is 0.224 e. The van der Waals surface area contributed by atoms with Crippen molar-refractivity contribution in [2.24, 2.45) is 5.92 Å². The van der Waals surface area contributed by atoms with Crippen LogP contribution in [0.5, 0.6) is 5.88 Å². The lowest BCUT2D eigenvalue weighted by Gasteiger charge is -2.06. The number of carbonyl (C=O) groups excluding carboxylic acids is 1. The summed E-state index contributed by atoms with van der Waals surface area (Å²) >= 11 is 0. The number of nitrogens with one attached hydrogen (secondary N) is 1. The van der Waals surface area contributed by atoms with E-state index < -0.39 is 0 Å². The molecule has 0 aliphatic heterocycles. The van der Waals surface area contributed by atoms with E-state index in [1.54, 1.807) is 37.6 Å². The number of carbonyl (C=O) groups is 1. The monoisotopic (exact) mass is 300 g/mol. The molecule has 0 bridgehead atoms. The molecule has 2 atom stereocenters. The van der Waals surface area contributed by atoms with Gasteiger partial charge < -0.3 is 10.1 Å². The van der Waals surface area contributed by atoms with E-state index in [0.717, 1.165) is 5.56 Å². The van der Waals surface area contributed by atoms with Gasteiger partial charge in [-0.15, -0.1) is 0 Å². The lowest BCUT2D eigenvalue weighted by molar-refractivity contribution is -0.122. The van der Waals surface area contributed by atoms with Crippen molar-refractivity contribution in [3.63, 3.8) is 0 Å². The van der Waals surface area contributed by atoms with Crippen LogP contribution < -0.4 is 10.1 Å². The lowest BCUT2D eigenvalue weighted by Crippen LogP contribution is -2.25. The number of aromatic nitrogens is 1. The lowest BCUT2D eigenvalue weighted by atomic mass is 10.1. The average molecular weight is 300 g/mol. The minimum atomic E-state index is -0.234. The fourth-order valence-electron chi connectivity index (χ4n) is 2.56. The van der Waals surface area contributed by atoms with E-state index in [0.29, 0.717) is 24.4 Å². The molecular weight excluding hydrogens is 283 g/mol. The number of pyridine rings is 1. The second kappa shape index (κ2) is 6.13. The molecule has 0 radical (unpaired) electrons. The first-order valence-corrected chi connectivity index (χ1v) is 7.20. The summed E-state index contributed by atoms with van der Waals surface area (Å²) in [5.41, 5.74) is 1.53. The number of rotatable bonds is 5. The predicted molar refractivity (Wildman–Crippen MR) is 79.9 cm³/mol. The highest BCUT2D eigenvalue weighted by atomic mass is 19.1.